The fourth-order valence-corrected chi connectivity index (χ4v) is 5.82. The van der Waals surface area contributed by atoms with Crippen molar-refractivity contribution in [2.24, 2.45) is 17.6 Å². The van der Waals surface area contributed by atoms with Gasteiger partial charge < -0.3 is 26.6 Å². The van der Waals surface area contributed by atoms with E-state index in [2.05, 4.69) is 41.9 Å². The van der Waals surface area contributed by atoms with Gasteiger partial charge in [-0.2, -0.15) is 0 Å². The molecule has 0 bridgehead atoms. The third-order valence-corrected chi connectivity index (χ3v) is 8.78. The van der Waals surface area contributed by atoms with Crippen LogP contribution in [0.1, 0.15) is 96.6 Å². The number of nitrogens with two attached hydrogens (primary N) is 1. The van der Waals surface area contributed by atoms with Crippen LogP contribution < -0.4 is 21.7 Å². The largest absolute Gasteiger partial charge is 0.363 e. The first-order valence-corrected chi connectivity index (χ1v) is 16.5. The minimum Gasteiger partial charge on any atom is -0.363 e. The van der Waals surface area contributed by atoms with Gasteiger partial charge in [0.05, 0.1) is 12.1 Å². The summed E-state index contributed by atoms with van der Waals surface area (Å²) in [5, 5.41) is 8.53. The van der Waals surface area contributed by atoms with Gasteiger partial charge >= 0.3 is 0 Å². The first kappa shape index (κ1) is 36.9. The number of ketones is 1. The Morgan fingerprint density at radius 1 is 1.02 bits per heavy atom. The zero-order chi connectivity index (χ0) is 32.6. The molecule has 1 aromatic carbocycles. The van der Waals surface area contributed by atoms with Gasteiger partial charge in [-0.05, 0) is 75.5 Å². The van der Waals surface area contributed by atoms with Crippen LogP contribution in [0.5, 0.6) is 0 Å². The van der Waals surface area contributed by atoms with Crippen molar-refractivity contribution >= 4 is 29.9 Å². The Kier molecular flexibility index (Phi) is 16.1. The van der Waals surface area contributed by atoms with Crippen molar-refractivity contribution in [3.8, 4) is 0 Å². The monoisotopic (exact) mass is 613 g/mol. The Hall–Kier alpha value is -3.27. The number of amides is 4. The molecule has 0 aromatic heterocycles. The van der Waals surface area contributed by atoms with Crippen LogP contribution in [0.3, 0.4) is 0 Å². The summed E-state index contributed by atoms with van der Waals surface area (Å²) in [4.78, 5) is 61.5. The maximum absolute atomic E-state index is 13.5. The number of carbonyl (C=O) groups is 5. The molecule has 1 heterocycles. The summed E-state index contributed by atoms with van der Waals surface area (Å²) in [5.74, 6) is -1.79. The number of hydrogen-bond acceptors (Lipinski definition) is 6. The molecular formula is C34H55N5O5. The maximum atomic E-state index is 13.5. The van der Waals surface area contributed by atoms with Gasteiger partial charge in [0.1, 0.15) is 6.04 Å². The molecule has 2 aliphatic carbocycles. The predicted octanol–water partition coefficient (Wildman–Crippen LogP) is 3.05. The topological polar surface area (TPSA) is 151 Å². The van der Waals surface area contributed by atoms with Crippen LogP contribution in [-0.2, 0) is 36.8 Å². The summed E-state index contributed by atoms with van der Waals surface area (Å²) < 4.78 is 0. The number of nitrogens with one attached hydrogen (secondary N) is 3. The van der Waals surface area contributed by atoms with Crippen LogP contribution in [0.15, 0.2) is 24.3 Å². The van der Waals surface area contributed by atoms with E-state index in [1.54, 1.807) is 11.9 Å². The molecule has 10 heteroatoms. The van der Waals surface area contributed by atoms with Gasteiger partial charge in [-0.15, -0.1) is 0 Å². The Labute approximate surface area is 263 Å². The summed E-state index contributed by atoms with van der Waals surface area (Å²) in [7, 11) is 1.79. The second-order valence-electron chi connectivity index (χ2n) is 12.3. The van der Waals surface area contributed by atoms with Gasteiger partial charge in [-0.1, -0.05) is 77.1 Å². The van der Waals surface area contributed by atoms with Crippen LogP contribution in [0.2, 0.25) is 0 Å². The molecule has 44 heavy (non-hydrogen) atoms. The molecule has 5 N–H and O–H groups in total. The van der Waals surface area contributed by atoms with E-state index in [-0.39, 0.29) is 23.8 Å². The summed E-state index contributed by atoms with van der Waals surface area (Å²) in [5.41, 5.74) is 7.73. The third-order valence-electron chi connectivity index (χ3n) is 8.78. The smallest absolute Gasteiger partial charge is 0.287 e. The van der Waals surface area contributed by atoms with Crippen molar-refractivity contribution in [3.63, 3.8) is 0 Å². The zero-order valence-corrected chi connectivity index (χ0v) is 27.4. The van der Waals surface area contributed by atoms with E-state index < -0.39 is 23.8 Å². The lowest BCUT2D eigenvalue weighted by atomic mass is 9.95. The Morgan fingerprint density at radius 3 is 2.07 bits per heavy atom. The highest BCUT2D eigenvalue weighted by atomic mass is 16.2. The number of fused-ring (bicyclic) bond motifs is 1. The number of Topliss-reactive ketones (excluding diaryl/α,β-unsaturated/α-hetero) is 1. The molecular weight excluding hydrogens is 558 g/mol. The number of carbonyl (C=O) groups excluding carboxylic acids is 5. The summed E-state index contributed by atoms with van der Waals surface area (Å²) in [6.07, 6.45) is 11.1. The summed E-state index contributed by atoms with van der Waals surface area (Å²) >= 11 is 0. The van der Waals surface area contributed by atoms with E-state index in [1.165, 1.54) is 30.4 Å². The Bertz CT molecular complexity index is 1060. The van der Waals surface area contributed by atoms with Gasteiger partial charge in [0.2, 0.25) is 24.0 Å². The first-order valence-electron chi connectivity index (χ1n) is 16.5. The highest BCUT2D eigenvalue weighted by molar-refractivity contribution is 6.37. The quantitative estimate of drug-likeness (QED) is 0.187. The number of rotatable bonds is 14. The van der Waals surface area contributed by atoms with Crippen LogP contribution in [-0.4, -0.2) is 72.6 Å². The second-order valence-corrected chi connectivity index (χ2v) is 12.3. The van der Waals surface area contributed by atoms with E-state index >= 15 is 0 Å². The van der Waals surface area contributed by atoms with Gasteiger partial charge in [0.25, 0.3) is 5.91 Å². The zero-order valence-electron chi connectivity index (χ0n) is 27.4. The van der Waals surface area contributed by atoms with Crippen molar-refractivity contribution < 1.29 is 24.0 Å². The highest BCUT2D eigenvalue weighted by Crippen LogP contribution is 2.34. The number of likely N-dealkylation sites (N-methyl/N-ethyl adjacent to an activating group) is 1. The van der Waals surface area contributed by atoms with E-state index in [0.29, 0.717) is 31.3 Å². The molecule has 4 unspecified atom stereocenters. The second kappa shape index (κ2) is 19.2. The van der Waals surface area contributed by atoms with Gasteiger partial charge in [-0.3, -0.25) is 24.0 Å². The van der Waals surface area contributed by atoms with Crippen molar-refractivity contribution in [2.45, 2.75) is 122 Å². The average Bonchev–Trinajstić information content (AvgIpc) is 3.50. The predicted molar refractivity (Wildman–Crippen MR) is 173 cm³/mol. The average molecular weight is 614 g/mol. The van der Waals surface area contributed by atoms with Gasteiger partial charge in [0.15, 0.2) is 0 Å². The molecule has 4 rings (SSSR count). The number of benzene rings is 1. The molecule has 246 valence electrons. The number of likely N-dealkylation sites (tertiary alicyclic amines) is 1. The van der Waals surface area contributed by atoms with Gasteiger partial charge in [0, 0.05) is 12.6 Å². The SMILES string of the molecule is CCC(C)NC=O.CCCCC.CNC(C(=O)N1CCCC1C(=O)NC(CC1CC1)C(=O)C(N)=O)C1Cc2ccccc2C1. The molecule has 3 aliphatic rings. The molecule has 2 fully saturated rings. The van der Waals surface area contributed by atoms with Crippen molar-refractivity contribution in [3.05, 3.63) is 35.4 Å². The normalized spacial score (nSPS) is 19.2. The number of primary amides is 1. The minimum absolute atomic E-state index is 0.0806. The molecule has 4 atom stereocenters. The molecule has 1 aromatic rings. The molecule has 0 spiro atoms. The van der Waals surface area contributed by atoms with Gasteiger partial charge in [-0.25, -0.2) is 0 Å². The van der Waals surface area contributed by atoms with E-state index in [1.807, 2.05) is 26.0 Å². The minimum atomic E-state index is -1.04. The first-order chi connectivity index (χ1) is 21.1. The number of hydrogen-bond donors (Lipinski definition) is 4. The number of unbranched alkanes of at least 4 members (excludes halogenated alkanes) is 2. The van der Waals surface area contributed by atoms with Crippen LogP contribution in [0.4, 0.5) is 0 Å². The lowest BCUT2D eigenvalue weighted by Crippen LogP contribution is -2.56. The molecule has 1 aliphatic heterocycles. The molecule has 0 radical (unpaired) electrons. The standard InChI is InChI=1S/C24H32N4O4.C5H11NO.C5H12/c1-26-20(17-12-15-5-2-3-6-16(15)13-17)24(32)28-10-4-7-19(28)23(31)27-18(11-14-8-9-14)21(29)22(25)30;1-3-5(2)6-4-7;1-3-5-4-2/h2-3,5-6,14,17-20,26H,4,7-13H2,1H3,(H2,25,30)(H,27,31);4-5H,3H2,1-2H3,(H,6,7);3-5H2,1-2H3. The molecule has 4 amide bonds. The molecule has 10 nitrogen and oxygen atoms in total. The molecule has 1 saturated carbocycles. The molecule has 1 saturated heterocycles. The lowest BCUT2D eigenvalue weighted by Gasteiger charge is -2.31. The maximum Gasteiger partial charge on any atom is 0.287 e. The van der Waals surface area contributed by atoms with Crippen LogP contribution in [0, 0.1) is 11.8 Å². The fourth-order valence-electron chi connectivity index (χ4n) is 5.82. The van der Waals surface area contributed by atoms with E-state index in [9.17, 15) is 24.0 Å². The van der Waals surface area contributed by atoms with E-state index in [4.69, 9.17) is 5.73 Å². The fraction of sp³-hybridized carbons (Fsp3) is 0.676. The van der Waals surface area contributed by atoms with Crippen molar-refractivity contribution in [1.82, 2.24) is 20.9 Å². The Balaban J connectivity index is 0.000000477. The Morgan fingerprint density at radius 2 is 1.64 bits per heavy atom. The highest BCUT2D eigenvalue weighted by Gasteiger charge is 2.42. The van der Waals surface area contributed by atoms with E-state index in [0.717, 1.165) is 44.9 Å². The van der Waals surface area contributed by atoms with Crippen LogP contribution >= 0.6 is 0 Å². The van der Waals surface area contributed by atoms with Crippen molar-refractivity contribution in [2.75, 3.05) is 13.6 Å². The lowest BCUT2D eigenvalue weighted by molar-refractivity contribution is -0.142. The number of nitrogens with zero attached hydrogens (tertiary/aromatic N) is 1. The van der Waals surface area contributed by atoms with Crippen molar-refractivity contribution in [1.29, 1.82) is 0 Å². The van der Waals surface area contributed by atoms with Crippen LogP contribution in [0.25, 0.3) is 0 Å². The third kappa shape index (κ3) is 11.3. The summed E-state index contributed by atoms with van der Waals surface area (Å²) in [6.45, 7) is 8.92. The summed E-state index contributed by atoms with van der Waals surface area (Å²) in [6, 6.07) is 6.65.